The van der Waals surface area contributed by atoms with Crippen LogP contribution in [0, 0.1) is 0 Å². The lowest BCUT2D eigenvalue weighted by molar-refractivity contribution is 0.112. The second kappa shape index (κ2) is 7.42. The van der Waals surface area contributed by atoms with Crippen molar-refractivity contribution in [3.05, 3.63) is 78.0 Å². The van der Waals surface area contributed by atoms with Gasteiger partial charge in [0.05, 0.1) is 7.11 Å². The lowest BCUT2D eigenvalue weighted by Gasteiger charge is -2.12. The minimum atomic E-state index is 0.453. The molecule has 0 saturated carbocycles. The molecular weight excluding hydrogens is 302 g/mol. The van der Waals surface area contributed by atoms with Crippen molar-refractivity contribution < 1.29 is 14.3 Å². The third-order valence-electron chi connectivity index (χ3n) is 3.65. The lowest BCUT2D eigenvalue weighted by atomic mass is 10.0. The molecule has 0 saturated heterocycles. The molecule has 2 aromatic carbocycles. The Labute approximate surface area is 140 Å². The minimum Gasteiger partial charge on any atom is -0.489 e. The third-order valence-corrected chi connectivity index (χ3v) is 3.65. The molecule has 0 aliphatic rings. The van der Waals surface area contributed by atoms with Gasteiger partial charge in [0.25, 0.3) is 0 Å². The number of hydrogen-bond acceptors (Lipinski definition) is 4. The molecule has 0 atom stereocenters. The molecule has 0 unspecified atom stereocenters. The molecule has 120 valence electrons. The summed E-state index contributed by atoms with van der Waals surface area (Å²) in [5, 5.41) is 0. The van der Waals surface area contributed by atoms with Crippen molar-refractivity contribution >= 4 is 6.29 Å². The first-order valence-electron chi connectivity index (χ1n) is 7.57. The molecule has 0 radical (unpaired) electrons. The average molecular weight is 319 g/mol. The van der Waals surface area contributed by atoms with Crippen LogP contribution in [0.5, 0.6) is 11.6 Å². The highest BCUT2D eigenvalue weighted by Gasteiger charge is 2.12. The first-order chi connectivity index (χ1) is 11.8. The van der Waals surface area contributed by atoms with E-state index in [2.05, 4.69) is 4.98 Å². The Hall–Kier alpha value is -3.14. The Balaban J connectivity index is 1.87. The van der Waals surface area contributed by atoms with E-state index >= 15 is 0 Å². The van der Waals surface area contributed by atoms with Crippen molar-refractivity contribution in [3.8, 4) is 22.8 Å². The predicted octanol–water partition coefficient (Wildman–Crippen LogP) is 4.15. The van der Waals surface area contributed by atoms with E-state index < -0.39 is 0 Å². The van der Waals surface area contributed by atoms with Gasteiger partial charge in [-0.05, 0) is 41.5 Å². The summed E-state index contributed by atoms with van der Waals surface area (Å²) in [6, 6.07) is 19.0. The van der Waals surface area contributed by atoms with E-state index in [-0.39, 0.29) is 0 Å². The molecule has 0 N–H and O–H groups in total. The molecule has 3 rings (SSSR count). The van der Waals surface area contributed by atoms with Crippen LogP contribution in [-0.4, -0.2) is 18.4 Å². The normalized spacial score (nSPS) is 10.2. The van der Waals surface area contributed by atoms with Crippen molar-refractivity contribution in [1.29, 1.82) is 0 Å². The molecule has 1 heterocycles. The van der Waals surface area contributed by atoms with Gasteiger partial charge in [-0.15, -0.1) is 0 Å². The predicted molar refractivity (Wildman–Crippen MR) is 92.4 cm³/mol. The van der Waals surface area contributed by atoms with E-state index in [1.54, 1.807) is 19.4 Å². The van der Waals surface area contributed by atoms with Gasteiger partial charge >= 0.3 is 0 Å². The zero-order valence-electron chi connectivity index (χ0n) is 13.3. The molecule has 0 fully saturated rings. The summed E-state index contributed by atoms with van der Waals surface area (Å²) in [5.74, 6) is 1.13. The molecule has 4 heteroatoms. The van der Waals surface area contributed by atoms with Gasteiger partial charge in [-0.25, -0.2) is 4.98 Å². The van der Waals surface area contributed by atoms with Crippen LogP contribution in [0.15, 0.2) is 66.9 Å². The fourth-order valence-electron chi connectivity index (χ4n) is 2.47. The number of aldehydes is 1. The molecule has 1 aromatic heterocycles. The lowest BCUT2D eigenvalue weighted by Crippen LogP contribution is -1.98. The Bertz CT molecular complexity index is 831. The summed E-state index contributed by atoms with van der Waals surface area (Å²) < 4.78 is 11.1. The Morgan fingerprint density at radius 3 is 2.58 bits per heavy atom. The summed E-state index contributed by atoms with van der Waals surface area (Å²) in [6.07, 6.45) is 2.47. The van der Waals surface area contributed by atoms with Gasteiger partial charge in [-0.3, -0.25) is 4.79 Å². The molecule has 0 aliphatic carbocycles. The maximum Gasteiger partial charge on any atom is 0.221 e. The third kappa shape index (κ3) is 3.43. The Morgan fingerprint density at radius 2 is 1.83 bits per heavy atom. The van der Waals surface area contributed by atoms with E-state index in [1.165, 1.54) is 0 Å². The topological polar surface area (TPSA) is 48.4 Å². The van der Waals surface area contributed by atoms with Crippen LogP contribution in [0.1, 0.15) is 15.9 Å². The van der Waals surface area contributed by atoms with Crippen LogP contribution in [0.25, 0.3) is 11.1 Å². The molecule has 3 aromatic rings. The molecule has 4 nitrogen and oxygen atoms in total. The highest BCUT2D eigenvalue weighted by Crippen LogP contribution is 2.32. The number of nitrogens with zero attached hydrogens (tertiary/aromatic N) is 1. The zero-order valence-corrected chi connectivity index (χ0v) is 13.3. The van der Waals surface area contributed by atoms with E-state index in [0.29, 0.717) is 23.8 Å². The zero-order chi connectivity index (χ0) is 16.8. The van der Waals surface area contributed by atoms with Crippen molar-refractivity contribution in [3.63, 3.8) is 0 Å². The summed E-state index contributed by atoms with van der Waals surface area (Å²) in [7, 11) is 1.56. The van der Waals surface area contributed by atoms with Crippen LogP contribution in [0.3, 0.4) is 0 Å². The number of hydrogen-bond donors (Lipinski definition) is 0. The highest BCUT2D eigenvalue weighted by molar-refractivity contribution is 5.89. The average Bonchev–Trinajstić information content (AvgIpc) is 2.67. The number of methoxy groups -OCH3 is 1. The van der Waals surface area contributed by atoms with Gasteiger partial charge in [0, 0.05) is 17.3 Å². The number of rotatable bonds is 6. The van der Waals surface area contributed by atoms with E-state index in [4.69, 9.17) is 9.47 Å². The second-order valence-corrected chi connectivity index (χ2v) is 5.20. The first-order valence-corrected chi connectivity index (χ1v) is 7.57. The SMILES string of the molecule is COc1ncccc1-c1ccc(OCc2ccccc2)cc1C=O. The fourth-order valence-corrected chi connectivity index (χ4v) is 2.47. The van der Waals surface area contributed by atoms with Crippen LogP contribution >= 0.6 is 0 Å². The fraction of sp³-hybridized carbons (Fsp3) is 0.100. The van der Waals surface area contributed by atoms with Gasteiger partial charge in [-0.1, -0.05) is 30.3 Å². The first kappa shape index (κ1) is 15.7. The monoisotopic (exact) mass is 319 g/mol. The maximum absolute atomic E-state index is 11.5. The van der Waals surface area contributed by atoms with Gasteiger partial charge in [0.15, 0.2) is 6.29 Å². The number of aromatic nitrogens is 1. The van der Waals surface area contributed by atoms with E-state index in [0.717, 1.165) is 23.0 Å². The summed E-state index contributed by atoms with van der Waals surface area (Å²) in [4.78, 5) is 15.7. The standard InChI is InChI=1S/C20H17NO3/c1-23-20-19(8-5-11-21-20)18-10-9-17(12-16(18)13-22)24-14-15-6-3-2-4-7-15/h2-13H,14H2,1H3. The van der Waals surface area contributed by atoms with E-state index in [1.807, 2.05) is 54.6 Å². The largest absolute Gasteiger partial charge is 0.489 e. The van der Waals surface area contributed by atoms with Gasteiger partial charge in [-0.2, -0.15) is 0 Å². The second-order valence-electron chi connectivity index (χ2n) is 5.20. The molecule has 0 spiro atoms. The van der Waals surface area contributed by atoms with Gasteiger partial charge in [0.2, 0.25) is 5.88 Å². The Morgan fingerprint density at radius 1 is 1.00 bits per heavy atom. The van der Waals surface area contributed by atoms with Crippen LogP contribution in [0.4, 0.5) is 0 Å². The summed E-state index contributed by atoms with van der Waals surface area (Å²) in [5.41, 5.74) is 3.15. The van der Waals surface area contributed by atoms with Crippen molar-refractivity contribution in [2.75, 3.05) is 7.11 Å². The van der Waals surface area contributed by atoms with Crippen molar-refractivity contribution in [1.82, 2.24) is 4.98 Å². The number of carbonyl (C=O) groups excluding carboxylic acids is 1. The van der Waals surface area contributed by atoms with E-state index in [9.17, 15) is 4.79 Å². The van der Waals surface area contributed by atoms with Crippen LogP contribution < -0.4 is 9.47 Å². The molecular formula is C20H17NO3. The van der Waals surface area contributed by atoms with Gasteiger partial charge < -0.3 is 9.47 Å². The number of ether oxygens (including phenoxy) is 2. The molecule has 0 amide bonds. The van der Waals surface area contributed by atoms with Crippen molar-refractivity contribution in [2.45, 2.75) is 6.61 Å². The number of benzene rings is 2. The smallest absolute Gasteiger partial charge is 0.221 e. The molecule has 0 bridgehead atoms. The number of pyridine rings is 1. The minimum absolute atomic E-state index is 0.453. The summed E-state index contributed by atoms with van der Waals surface area (Å²) in [6.45, 7) is 0.453. The van der Waals surface area contributed by atoms with Crippen LogP contribution in [-0.2, 0) is 6.61 Å². The maximum atomic E-state index is 11.5. The summed E-state index contributed by atoms with van der Waals surface area (Å²) >= 11 is 0. The number of carbonyl (C=O) groups is 1. The quantitative estimate of drug-likeness (QED) is 0.640. The highest BCUT2D eigenvalue weighted by atomic mass is 16.5. The van der Waals surface area contributed by atoms with Crippen LogP contribution in [0.2, 0.25) is 0 Å². The van der Waals surface area contributed by atoms with Crippen molar-refractivity contribution in [2.24, 2.45) is 0 Å². The Kier molecular flexibility index (Phi) is 4.87. The molecule has 0 aliphatic heterocycles. The van der Waals surface area contributed by atoms with Gasteiger partial charge in [0.1, 0.15) is 12.4 Å². The molecule has 24 heavy (non-hydrogen) atoms.